The van der Waals surface area contributed by atoms with Gasteiger partial charge in [-0.3, -0.25) is 4.90 Å². The molecule has 1 aromatic carbocycles. The number of rotatable bonds is 5. The molecule has 3 rings (SSSR count). The fraction of sp³-hybridized carbons (Fsp3) is 0.647. The Hall–Kier alpha value is -0.880. The minimum absolute atomic E-state index is 0. The lowest BCUT2D eigenvalue weighted by atomic mass is 9.90. The second-order valence-corrected chi connectivity index (χ2v) is 6.07. The Kier molecular flexibility index (Phi) is 8.43. The van der Waals surface area contributed by atoms with Crippen molar-refractivity contribution >= 4 is 24.8 Å². The van der Waals surface area contributed by atoms with Gasteiger partial charge in [0.25, 0.3) is 0 Å². The Morgan fingerprint density at radius 2 is 1.92 bits per heavy atom. The third-order valence-corrected chi connectivity index (χ3v) is 4.75. The average Bonchev–Trinajstić information content (AvgIpc) is 3.03. The predicted molar refractivity (Wildman–Crippen MR) is 100 cm³/mol. The molecule has 0 amide bonds. The fourth-order valence-corrected chi connectivity index (χ4v) is 3.40. The van der Waals surface area contributed by atoms with Crippen LogP contribution in [0, 0.1) is 5.92 Å². The molecule has 1 fully saturated rings. The van der Waals surface area contributed by atoms with Gasteiger partial charge >= 0.3 is 0 Å². The van der Waals surface area contributed by atoms with E-state index < -0.39 is 0 Å². The van der Waals surface area contributed by atoms with Crippen LogP contribution in [-0.4, -0.2) is 45.0 Å². The summed E-state index contributed by atoms with van der Waals surface area (Å²) in [7, 11) is 1.68. The molecule has 2 heterocycles. The first-order chi connectivity index (χ1) is 10.7. The van der Waals surface area contributed by atoms with Crippen LogP contribution in [0.2, 0.25) is 0 Å². The highest BCUT2D eigenvalue weighted by atomic mass is 35.5. The molecule has 7 heteroatoms. The Morgan fingerprint density at radius 1 is 1.21 bits per heavy atom. The molecule has 1 unspecified atom stereocenters. The lowest BCUT2D eigenvalue weighted by Crippen LogP contribution is -2.46. The maximum atomic E-state index is 5.60. The van der Waals surface area contributed by atoms with Crippen LogP contribution in [0.3, 0.4) is 0 Å². The van der Waals surface area contributed by atoms with Crippen molar-refractivity contribution in [2.45, 2.75) is 26.3 Å². The highest BCUT2D eigenvalue weighted by Crippen LogP contribution is 2.45. The van der Waals surface area contributed by atoms with E-state index in [1.807, 2.05) is 0 Å². The van der Waals surface area contributed by atoms with Gasteiger partial charge in [-0.15, -0.1) is 24.8 Å². The summed E-state index contributed by atoms with van der Waals surface area (Å²) in [5.41, 5.74) is 1.26. The summed E-state index contributed by atoms with van der Waals surface area (Å²) in [5, 5.41) is 3.43. The number of benzene rings is 1. The van der Waals surface area contributed by atoms with Crippen molar-refractivity contribution in [3.63, 3.8) is 0 Å². The van der Waals surface area contributed by atoms with Crippen molar-refractivity contribution < 1.29 is 14.2 Å². The van der Waals surface area contributed by atoms with Gasteiger partial charge in [0.2, 0.25) is 12.5 Å². The van der Waals surface area contributed by atoms with Crippen LogP contribution in [0.5, 0.6) is 17.2 Å². The highest BCUT2D eigenvalue weighted by Gasteiger charge is 2.30. The first-order valence-electron chi connectivity index (χ1n) is 8.17. The molecule has 138 valence electrons. The normalized spacial score (nSPS) is 19.0. The molecular weight excluding hydrogens is 351 g/mol. The summed E-state index contributed by atoms with van der Waals surface area (Å²) in [6.45, 7) is 9.10. The number of ether oxygens (including phenoxy) is 3. The van der Waals surface area contributed by atoms with Crippen LogP contribution in [-0.2, 0) is 0 Å². The second-order valence-electron chi connectivity index (χ2n) is 6.07. The van der Waals surface area contributed by atoms with Crippen molar-refractivity contribution in [1.82, 2.24) is 10.2 Å². The maximum absolute atomic E-state index is 5.60. The SMILES string of the molecule is CCC(C)[C@H](c1cc(OC)c2c(c1)OCO2)N1CCNCC1.Cl.Cl. The van der Waals surface area contributed by atoms with Crippen LogP contribution in [0.4, 0.5) is 0 Å². The van der Waals surface area contributed by atoms with Gasteiger partial charge in [0.15, 0.2) is 11.5 Å². The number of fused-ring (bicyclic) bond motifs is 1. The zero-order chi connectivity index (χ0) is 15.5. The van der Waals surface area contributed by atoms with E-state index in [2.05, 4.69) is 36.2 Å². The van der Waals surface area contributed by atoms with Gasteiger partial charge in [0.05, 0.1) is 7.11 Å². The number of methoxy groups -OCH3 is 1. The van der Waals surface area contributed by atoms with E-state index in [0.717, 1.165) is 49.8 Å². The predicted octanol–water partition coefficient (Wildman–Crippen LogP) is 3.26. The Labute approximate surface area is 156 Å². The van der Waals surface area contributed by atoms with Crippen LogP contribution < -0.4 is 19.5 Å². The van der Waals surface area contributed by atoms with E-state index in [9.17, 15) is 0 Å². The molecule has 0 saturated carbocycles. The first kappa shape index (κ1) is 21.2. The minimum atomic E-state index is 0. The standard InChI is InChI=1S/C17H26N2O3.2ClH/c1-4-12(2)16(19-7-5-18-6-8-19)13-9-14(20-3)17-15(10-13)21-11-22-17;;/h9-10,12,16,18H,4-8,11H2,1-3H3;2*1H/t12?,16-;;/m1../s1. The van der Waals surface area contributed by atoms with Crippen LogP contribution in [0.15, 0.2) is 12.1 Å². The van der Waals surface area contributed by atoms with E-state index in [4.69, 9.17) is 14.2 Å². The summed E-state index contributed by atoms with van der Waals surface area (Å²) >= 11 is 0. The largest absolute Gasteiger partial charge is 0.493 e. The van der Waals surface area contributed by atoms with E-state index in [0.29, 0.717) is 12.0 Å². The Bertz CT molecular complexity index is 525. The van der Waals surface area contributed by atoms with Crippen molar-refractivity contribution in [3.05, 3.63) is 17.7 Å². The summed E-state index contributed by atoms with van der Waals surface area (Å²) < 4.78 is 16.6. The number of nitrogens with zero attached hydrogens (tertiary/aromatic N) is 1. The molecule has 24 heavy (non-hydrogen) atoms. The number of nitrogens with one attached hydrogen (secondary N) is 1. The van der Waals surface area contributed by atoms with E-state index in [-0.39, 0.29) is 31.6 Å². The van der Waals surface area contributed by atoms with Gasteiger partial charge in [-0.1, -0.05) is 20.3 Å². The third kappa shape index (κ3) is 4.20. The Morgan fingerprint density at radius 3 is 2.54 bits per heavy atom. The molecule has 0 radical (unpaired) electrons. The van der Waals surface area contributed by atoms with Gasteiger partial charge < -0.3 is 19.5 Å². The molecular formula is C17H28Cl2N2O3. The lowest BCUT2D eigenvalue weighted by Gasteiger charge is -2.38. The summed E-state index contributed by atoms with van der Waals surface area (Å²) in [6.07, 6.45) is 1.14. The molecule has 0 aliphatic carbocycles. The number of piperazine rings is 1. The molecule has 1 saturated heterocycles. The molecule has 2 aliphatic rings. The second kappa shape index (κ2) is 9.56. The van der Waals surface area contributed by atoms with Crippen LogP contribution in [0.1, 0.15) is 31.9 Å². The average molecular weight is 379 g/mol. The first-order valence-corrected chi connectivity index (χ1v) is 8.17. The number of halogens is 2. The maximum Gasteiger partial charge on any atom is 0.231 e. The van der Waals surface area contributed by atoms with Gasteiger partial charge in [-0.2, -0.15) is 0 Å². The van der Waals surface area contributed by atoms with E-state index >= 15 is 0 Å². The molecule has 0 bridgehead atoms. The van der Waals surface area contributed by atoms with Crippen molar-refractivity contribution in [2.75, 3.05) is 40.1 Å². The molecule has 2 atom stereocenters. The van der Waals surface area contributed by atoms with Gasteiger partial charge in [0, 0.05) is 32.2 Å². The summed E-state index contributed by atoms with van der Waals surface area (Å²) in [5.74, 6) is 2.88. The minimum Gasteiger partial charge on any atom is -0.493 e. The zero-order valence-corrected chi connectivity index (χ0v) is 16.2. The summed E-state index contributed by atoms with van der Waals surface area (Å²) in [6, 6.07) is 4.63. The fourth-order valence-electron chi connectivity index (χ4n) is 3.40. The highest BCUT2D eigenvalue weighted by molar-refractivity contribution is 5.85. The molecule has 2 aliphatic heterocycles. The van der Waals surface area contributed by atoms with Crippen LogP contribution >= 0.6 is 24.8 Å². The van der Waals surface area contributed by atoms with Gasteiger partial charge in [-0.25, -0.2) is 0 Å². The number of hydrogen-bond acceptors (Lipinski definition) is 5. The third-order valence-electron chi connectivity index (χ3n) is 4.75. The molecule has 1 aromatic rings. The molecule has 1 N–H and O–H groups in total. The number of hydrogen-bond donors (Lipinski definition) is 1. The van der Waals surface area contributed by atoms with E-state index in [1.54, 1.807) is 7.11 Å². The van der Waals surface area contributed by atoms with Crippen molar-refractivity contribution in [3.8, 4) is 17.2 Å². The van der Waals surface area contributed by atoms with Crippen molar-refractivity contribution in [2.24, 2.45) is 5.92 Å². The smallest absolute Gasteiger partial charge is 0.231 e. The molecule has 0 spiro atoms. The van der Waals surface area contributed by atoms with E-state index in [1.165, 1.54) is 5.56 Å². The lowest BCUT2D eigenvalue weighted by molar-refractivity contribution is 0.128. The van der Waals surface area contributed by atoms with Crippen LogP contribution in [0.25, 0.3) is 0 Å². The zero-order valence-electron chi connectivity index (χ0n) is 14.5. The quantitative estimate of drug-likeness (QED) is 0.851. The Balaban J connectivity index is 0.00000144. The summed E-state index contributed by atoms with van der Waals surface area (Å²) in [4.78, 5) is 2.57. The van der Waals surface area contributed by atoms with Gasteiger partial charge in [0.1, 0.15) is 0 Å². The topological polar surface area (TPSA) is 43.0 Å². The molecule has 5 nitrogen and oxygen atoms in total. The monoisotopic (exact) mass is 378 g/mol. The van der Waals surface area contributed by atoms with Gasteiger partial charge in [-0.05, 0) is 23.6 Å². The van der Waals surface area contributed by atoms with Crippen molar-refractivity contribution in [1.29, 1.82) is 0 Å². The molecule has 0 aromatic heterocycles.